The van der Waals surface area contributed by atoms with E-state index >= 15 is 0 Å². The van der Waals surface area contributed by atoms with Crippen molar-refractivity contribution in [3.8, 4) is 11.8 Å². The SMILES string of the molecule is CCCCOc1ccc(NC(=O)C(C)(CC)OC)cc1C#N. The Kier molecular flexibility index (Phi) is 6.87. The molecule has 0 aromatic heterocycles. The molecule has 0 radical (unpaired) electrons. The van der Waals surface area contributed by atoms with E-state index in [1.54, 1.807) is 25.1 Å². The second-order valence-corrected chi connectivity index (χ2v) is 5.27. The normalized spacial score (nSPS) is 13.0. The molecule has 0 bridgehead atoms. The van der Waals surface area contributed by atoms with Gasteiger partial charge in [-0.15, -0.1) is 0 Å². The third kappa shape index (κ3) is 4.47. The number of amides is 1. The fraction of sp³-hybridized carbons (Fsp3) is 0.529. The summed E-state index contributed by atoms with van der Waals surface area (Å²) in [5.41, 5.74) is 0.0777. The van der Waals surface area contributed by atoms with Crippen LogP contribution in [0.25, 0.3) is 0 Å². The molecule has 5 nitrogen and oxygen atoms in total. The van der Waals surface area contributed by atoms with Crippen molar-refractivity contribution in [2.24, 2.45) is 0 Å². The summed E-state index contributed by atoms with van der Waals surface area (Å²) >= 11 is 0. The molecule has 0 fully saturated rings. The number of benzene rings is 1. The molecule has 0 saturated carbocycles. The number of carbonyl (C=O) groups is 1. The van der Waals surface area contributed by atoms with Crippen LogP contribution >= 0.6 is 0 Å². The number of nitrogens with one attached hydrogen (secondary N) is 1. The molecular weight excluding hydrogens is 280 g/mol. The fourth-order valence-corrected chi connectivity index (χ4v) is 1.81. The van der Waals surface area contributed by atoms with E-state index in [9.17, 15) is 10.1 Å². The van der Waals surface area contributed by atoms with Crippen molar-refractivity contribution in [3.05, 3.63) is 23.8 Å². The molecule has 1 amide bonds. The molecule has 1 N–H and O–H groups in total. The predicted octanol–water partition coefficient (Wildman–Crippen LogP) is 3.49. The van der Waals surface area contributed by atoms with Gasteiger partial charge in [-0.2, -0.15) is 5.26 Å². The number of nitriles is 1. The Morgan fingerprint density at radius 1 is 1.41 bits per heavy atom. The average Bonchev–Trinajstić information content (AvgIpc) is 2.55. The Balaban J connectivity index is 2.86. The van der Waals surface area contributed by atoms with E-state index in [-0.39, 0.29) is 5.91 Å². The number of ether oxygens (including phenoxy) is 2. The van der Waals surface area contributed by atoms with Gasteiger partial charge in [0.1, 0.15) is 17.4 Å². The van der Waals surface area contributed by atoms with E-state index in [1.807, 2.05) is 6.92 Å². The lowest BCUT2D eigenvalue weighted by molar-refractivity contribution is -0.136. The molecule has 0 aliphatic rings. The van der Waals surface area contributed by atoms with Crippen molar-refractivity contribution in [1.29, 1.82) is 5.26 Å². The minimum absolute atomic E-state index is 0.235. The number of rotatable bonds is 8. The van der Waals surface area contributed by atoms with E-state index in [4.69, 9.17) is 9.47 Å². The number of hydrogen-bond acceptors (Lipinski definition) is 4. The number of unbranched alkanes of at least 4 members (excludes halogenated alkanes) is 1. The second-order valence-electron chi connectivity index (χ2n) is 5.27. The van der Waals surface area contributed by atoms with E-state index < -0.39 is 5.60 Å². The average molecular weight is 304 g/mol. The van der Waals surface area contributed by atoms with E-state index in [1.165, 1.54) is 7.11 Å². The van der Waals surface area contributed by atoms with Gasteiger partial charge >= 0.3 is 0 Å². The molecule has 5 heteroatoms. The van der Waals surface area contributed by atoms with Crippen LogP contribution < -0.4 is 10.1 Å². The van der Waals surface area contributed by atoms with Crippen LogP contribution in [0, 0.1) is 11.3 Å². The first kappa shape index (κ1) is 18.0. The first-order chi connectivity index (χ1) is 10.5. The maximum absolute atomic E-state index is 12.2. The van der Waals surface area contributed by atoms with E-state index in [0.717, 1.165) is 12.8 Å². The zero-order valence-electron chi connectivity index (χ0n) is 13.7. The number of methoxy groups -OCH3 is 1. The lowest BCUT2D eigenvalue weighted by Crippen LogP contribution is -2.41. The molecular formula is C17H24N2O3. The lowest BCUT2D eigenvalue weighted by Gasteiger charge is -2.25. The van der Waals surface area contributed by atoms with Crippen LogP contribution in [0.5, 0.6) is 5.75 Å². The van der Waals surface area contributed by atoms with Gasteiger partial charge in [0.15, 0.2) is 0 Å². The third-order valence-corrected chi connectivity index (χ3v) is 3.72. The molecule has 0 spiro atoms. The van der Waals surface area contributed by atoms with Gasteiger partial charge in [-0.05, 0) is 38.0 Å². The van der Waals surface area contributed by atoms with Gasteiger partial charge in [-0.25, -0.2) is 0 Å². The number of carbonyl (C=O) groups excluding carboxylic acids is 1. The van der Waals surface area contributed by atoms with Crippen LogP contribution in [-0.4, -0.2) is 25.2 Å². The first-order valence-corrected chi connectivity index (χ1v) is 7.54. The maximum atomic E-state index is 12.2. The van der Waals surface area contributed by atoms with Crippen molar-refractivity contribution < 1.29 is 14.3 Å². The standard InChI is InChI=1S/C17H24N2O3/c1-5-7-10-22-15-9-8-14(11-13(15)12-18)19-16(20)17(3,6-2)21-4/h8-9,11H,5-7,10H2,1-4H3,(H,19,20). The third-order valence-electron chi connectivity index (χ3n) is 3.72. The van der Waals surface area contributed by atoms with Crippen LogP contribution in [0.3, 0.4) is 0 Å². The lowest BCUT2D eigenvalue weighted by atomic mass is 10.0. The number of nitrogens with zero attached hydrogens (tertiary/aromatic N) is 1. The molecule has 0 aliphatic heterocycles. The quantitative estimate of drug-likeness (QED) is 0.746. The van der Waals surface area contributed by atoms with Crippen LogP contribution in [0.2, 0.25) is 0 Å². The van der Waals surface area contributed by atoms with Crippen molar-refractivity contribution in [2.75, 3.05) is 19.0 Å². The molecule has 120 valence electrons. The zero-order valence-corrected chi connectivity index (χ0v) is 13.7. The van der Waals surface area contributed by atoms with Gasteiger partial charge < -0.3 is 14.8 Å². The first-order valence-electron chi connectivity index (χ1n) is 7.54. The highest BCUT2D eigenvalue weighted by molar-refractivity contribution is 5.97. The summed E-state index contributed by atoms with van der Waals surface area (Å²) < 4.78 is 10.8. The smallest absolute Gasteiger partial charge is 0.256 e. The molecule has 0 saturated heterocycles. The Morgan fingerprint density at radius 2 is 2.14 bits per heavy atom. The van der Waals surface area contributed by atoms with Gasteiger partial charge in [0.2, 0.25) is 0 Å². The molecule has 1 aromatic rings. The molecule has 22 heavy (non-hydrogen) atoms. The Hall–Kier alpha value is -2.06. The summed E-state index contributed by atoms with van der Waals surface area (Å²) in [7, 11) is 1.51. The topological polar surface area (TPSA) is 71.3 Å². The molecule has 1 rings (SSSR count). The summed E-state index contributed by atoms with van der Waals surface area (Å²) in [6.45, 7) is 6.27. The summed E-state index contributed by atoms with van der Waals surface area (Å²) in [6.07, 6.45) is 2.52. The van der Waals surface area contributed by atoms with Gasteiger partial charge in [0, 0.05) is 12.8 Å². The Morgan fingerprint density at radius 3 is 2.68 bits per heavy atom. The summed E-state index contributed by atoms with van der Waals surface area (Å²) in [5, 5.41) is 12.0. The van der Waals surface area contributed by atoms with E-state index in [2.05, 4.69) is 18.3 Å². The van der Waals surface area contributed by atoms with Crippen molar-refractivity contribution in [2.45, 2.75) is 45.6 Å². The molecule has 0 aliphatic carbocycles. The maximum Gasteiger partial charge on any atom is 0.256 e. The summed E-state index contributed by atoms with van der Waals surface area (Å²) in [6, 6.07) is 7.15. The molecule has 1 unspecified atom stereocenters. The fourth-order valence-electron chi connectivity index (χ4n) is 1.81. The van der Waals surface area contributed by atoms with Crippen molar-refractivity contribution in [1.82, 2.24) is 0 Å². The highest BCUT2D eigenvalue weighted by atomic mass is 16.5. The second kappa shape index (κ2) is 8.40. The van der Waals surface area contributed by atoms with Crippen LogP contribution in [0.4, 0.5) is 5.69 Å². The molecule has 0 heterocycles. The number of hydrogen-bond donors (Lipinski definition) is 1. The zero-order chi connectivity index (χ0) is 16.6. The Labute approximate surface area is 132 Å². The van der Waals surface area contributed by atoms with E-state index in [0.29, 0.717) is 30.0 Å². The monoisotopic (exact) mass is 304 g/mol. The van der Waals surface area contributed by atoms with Crippen molar-refractivity contribution >= 4 is 11.6 Å². The van der Waals surface area contributed by atoms with Crippen molar-refractivity contribution in [3.63, 3.8) is 0 Å². The molecule has 1 atom stereocenters. The van der Waals surface area contributed by atoms with Gasteiger partial charge in [-0.3, -0.25) is 4.79 Å². The summed E-state index contributed by atoms with van der Waals surface area (Å²) in [5.74, 6) is 0.306. The van der Waals surface area contributed by atoms with Crippen LogP contribution in [0.15, 0.2) is 18.2 Å². The van der Waals surface area contributed by atoms with Gasteiger partial charge in [0.25, 0.3) is 5.91 Å². The van der Waals surface area contributed by atoms with Gasteiger partial charge in [-0.1, -0.05) is 20.3 Å². The van der Waals surface area contributed by atoms with Crippen LogP contribution in [0.1, 0.15) is 45.6 Å². The van der Waals surface area contributed by atoms with Gasteiger partial charge in [0.05, 0.1) is 12.2 Å². The largest absolute Gasteiger partial charge is 0.492 e. The summed E-state index contributed by atoms with van der Waals surface area (Å²) in [4.78, 5) is 12.2. The highest BCUT2D eigenvalue weighted by Gasteiger charge is 2.31. The number of anilines is 1. The van der Waals surface area contributed by atoms with Crippen LogP contribution in [-0.2, 0) is 9.53 Å². The minimum Gasteiger partial charge on any atom is -0.492 e. The molecule has 1 aromatic carbocycles. The minimum atomic E-state index is -0.886. The predicted molar refractivity (Wildman–Crippen MR) is 85.9 cm³/mol. The Bertz CT molecular complexity index is 545. The highest BCUT2D eigenvalue weighted by Crippen LogP contribution is 2.24.